The second-order valence-corrected chi connectivity index (χ2v) is 4.54. The number of benzene rings is 1. The molecule has 1 heterocycles. The van der Waals surface area contributed by atoms with Crippen molar-refractivity contribution in [3.05, 3.63) is 48.6 Å². The molecular formula is C15H21N. The molecule has 1 saturated heterocycles. The number of hydrogen-bond donors (Lipinski definition) is 0. The Morgan fingerprint density at radius 3 is 2.19 bits per heavy atom. The van der Waals surface area contributed by atoms with Crippen molar-refractivity contribution in [1.29, 1.82) is 0 Å². The van der Waals surface area contributed by atoms with E-state index in [-0.39, 0.29) is 0 Å². The molecule has 2 rings (SSSR count). The Morgan fingerprint density at radius 1 is 1.00 bits per heavy atom. The molecule has 1 nitrogen and oxygen atoms in total. The third-order valence-corrected chi connectivity index (χ3v) is 3.40. The average Bonchev–Trinajstić information content (AvgIpc) is 2.61. The second kappa shape index (κ2) is 5.86. The molecule has 0 aromatic heterocycles. The van der Waals surface area contributed by atoms with Crippen molar-refractivity contribution in [2.24, 2.45) is 0 Å². The van der Waals surface area contributed by atoms with Gasteiger partial charge >= 0.3 is 0 Å². The SMILES string of the molecule is C=C[C@@H](c1ccccc1)N1CCCCCC1. The van der Waals surface area contributed by atoms with Crippen LogP contribution in [0.15, 0.2) is 43.0 Å². The van der Waals surface area contributed by atoms with Crippen molar-refractivity contribution in [3.63, 3.8) is 0 Å². The van der Waals surface area contributed by atoms with Crippen LogP contribution in [-0.4, -0.2) is 18.0 Å². The molecule has 1 aromatic rings. The summed E-state index contributed by atoms with van der Waals surface area (Å²) in [6.07, 6.45) is 7.51. The lowest BCUT2D eigenvalue weighted by Gasteiger charge is -2.28. The Bertz CT molecular complexity index is 309. The Labute approximate surface area is 98.8 Å². The van der Waals surface area contributed by atoms with E-state index in [9.17, 15) is 0 Å². The van der Waals surface area contributed by atoms with Crippen LogP contribution in [0.3, 0.4) is 0 Å². The zero-order chi connectivity index (χ0) is 11.2. The van der Waals surface area contributed by atoms with Gasteiger partial charge in [0.05, 0.1) is 6.04 Å². The van der Waals surface area contributed by atoms with Gasteiger partial charge in [0.2, 0.25) is 0 Å². The fourth-order valence-corrected chi connectivity index (χ4v) is 2.52. The first kappa shape index (κ1) is 11.4. The topological polar surface area (TPSA) is 3.24 Å². The van der Waals surface area contributed by atoms with Crippen molar-refractivity contribution < 1.29 is 0 Å². The summed E-state index contributed by atoms with van der Waals surface area (Å²) >= 11 is 0. The van der Waals surface area contributed by atoms with E-state index in [1.807, 2.05) is 0 Å². The van der Waals surface area contributed by atoms with Crippen LogP contribution in [0.25, 0.3) is 0 Å². The molecule has 0 bridgehead atoms. The third-order valence-electron chi connectivity index (χ3n) is 3.40. The van der Waals surface area contributed by atoms with Gasteiger partial charge in [0.15, 0.2) is 0 Å². The van der Waals surface area contributed by atoms with Crippen LogP contribution in [0.5, 0.6) is 0 Å². The first-order chi connectivity index (χ1) is 7.92. The second-order valence-electron chi connectivity index (χ2n) is 4.54. The van der Waals surface area contributed by atoms with E-state index >= 15 is 0 Å². The molecule has 0 N–H and O–H groups in total. The molecule has 0 spiro atoms. The van der Waals surface area contributed by atoms with E-state index in [4.69, 9.17) is 0 Å². The predicted molar refractivity (Wildman–Crippen MR) is 69.4 cm³/mol. The van der Waals surface area contributed by atoms with Crippen LogP contribution >= 0.6 is 0 Å². The first-order valence-corrected chi connectivity index (χ1v) is 6.33. The summed E-state index contributed by atoms with van der Waals surface area (Å²) < 4.78 is 0. The Hall–Kier alpha value is -1.08. The highest BCUT2D eigenvalue weighted by Gasteiger charge is 2.17. The van der Waals surface area contributed by atoms with Crippen molar-refractivity contribution in [2.75, 3.05) is 13.1 Å². The van der Waals surface area contributed by atoms with E-state index < -0.39 is 0 Å². The summed E-state index contributed by atoms with van der Waals surface area (Å²) in [5, 5.41) is 0. The average molecular weight is 215 g/mol. The summed E-state index contributed by atoms with van der Waals surface area (Å²) in [5.74, 6) is 0. The van der Waals surface area contributed by atoms with Gasteiger partial charge in [0, 0.05) is 0 Å². The molecule has 0 radical (unpaired) electrons. The molecule has 0 saturated carbocycles. The van der Waals surface area contributed by atoms with Gasteiger partial charge in [0.25, 0.3) is 0 Å². The Kier molecular flexibility index (Phi) is 4.17. The van der Waals surface area contributed by atoms with E-state index in [0.717, 1.165) is 0 Å². The third kappa shape index (κ3) is 2.73. The first-order valence-electron chi connectivity index (χ1n) is 6.33. The molecule has 1 fully saturated rings. The summed E-state index contributed by atoms with van der Waals surface area (Å²) in [6, 6.07) is 11.1. The molecule has 1 aliphatic rings. The van der Waals surface area contributed by atoms with Crippen molar-refractivity contribution in [1.82, 2.24) is 4.90 Å². The highest BCUT2D eigenvalue weighted by atomic mass is 15.1. The summed E-state index contributed by atoms with van der Waals surface area (Å²) in [7, 11) is 0. The lowest BCUT2D eigenvalue weighted by atomic mass is 10.1. The molecule has 1 atom stereocenters. The van der Waals surface area contributed by atoms with Crippen molar-refractivity contribution in [2.45, 2.75) is 31.7 Å². The van der Waals surface area contributed by atoms with Gasteiger partial charge in [-0.15, -0.1) is 6.58 Å². The predicted octanol–water partition coefficient (Wildman–Crippen LogP) is 3.79. The lowest BCUT2D eigenvalue weighted by molar-refractivity contribution is 0.241. The van der Waals surface area contributed by atoms with Gasteiger partial charge in [-0.1, -0.05) is 49.2 Å². The van der Waals surface area contributed by atoms with Gasteiger partial charge in [0.1, 0.15) is 0 Å². The summed E-state index contributed by atoms with van der Waals surface area (Å²) in [4.78, 5) is 2.56. The van der Waals surface area contributed by atoms with Crippen LogP contribution < -0.4 is 0 Å². The standard InChI is InChI=1S/C15H21N/c1-2-15(14-10-6-5-7-11-14)16-12-8-3-4-9-13-16/h2,5-7,10-11,15H,1,3-4,8-9,12-13H2/t15-/m0/s1. The zero-order valence-corrected chi connectivity index (χ0v) is 9.94. The van der Waals surface area contributed by atoms with Crippen molar-refractivity contribution >= 4 is 0 Å². The van der Waals surface area contributed by atoms with Crippen LogP contribution in [0, 0.1) is 0 Å². The van der Waals surface area contributed by atoms with E-state index in [1.165, 1.54) is 44.3 Å². The molecule has 16 heavy (non-hydrogen) atoms. The number of nitrogens with zero attached hydrogens (tertiary/aromatic N) is 1. The van der Waals surface area contributed by atoms with Crippen LogP contribution in [0.4, 0.5) is 0 Å². The molecule has 1 aromatic carbocycles. The fourth-order valence-electron chi connectivity index (χ4n) is 2.52. The molecule has 0 unspecified atom stereocenters. The quantitative estimate of drug-likeness (QED) is 0.693. The maximum Gasteiger partial charge on any atom is 0.0528 e. The van der Waals surface area contributed by atoms with E-state index in [0.29, 0.717) is 6.04 Å². The Morgan fingerprint density at radius 2 is 1.62 bits per heavy atom. The van der Waals surface area contributed by atoms with Gasteiger partial charge < -0.3 is 0 Å². The molecule has 1 aliphatic heterocycles. The highest BCUT2D eigenvalue weighted by Crippen LogP contribution is 2.24. The normalized spacial score (nSPS) is 20.0. The maximum absolute atomic E-state index is 4.00. The molecular weight excluding hydrogens is 194 g/mol. The smallest absolute Gasteiger partial charge is 0.0528 e. The minimum absolute atomic E-state index is 0.402. The lowest BCUT2D eigenvalue weighted by Crippen LogP contribution is -2.28. The van der Waals surface area contributed by atoms with Crippen LogP contribution in [0.1, 0.15) is 37.3 Å². The van der Waals surface area contributed by atoms with Gasteiger partial charge in [-0.2, -0.15) is 0 Å². The zero-order valence-electron chi connectivity index (χ0n) is 9.94. The molecule has 1 heteroatoms. The summed E-state index contributed by atoms with van der Waals surface area (Å²) in [5.41, 5.74) is 1.37. The fraction of sp³-hybridized carbons (Fsp3) is 0.467. The van der Waals surface area contributed by atoms with Crippen LogP contribution in [-0.2, 0) is 0 Å². The monoisotopic (exact) mass is 215 g/mol. The van der Waals surface area contributed by atoms with Crippen LogP contribution in [0.2, 0.25) is 0 Å². The molecule has 0 aliphatic carbocycles. The van der Waals surface area contributed by atoms with Gasteiger partial charge in [-0.25, -0.2) is 0 Å². The Balaban J connectivity index is 2.12. The largest absolute Gasteiger partial charge is 0.293 e. The number of hydrogen-bond acceptors (Lipinski definition) is 1. The van der Waals surface area contributed by atoms with E-state index in [1.54, 1.807) is 0 Å². The van der Waals surface area contributed by atoms with Gasteiger partial charge in [-0.3, -0.25) is 4.90 Å². The minimum atomic E-state index is 0.402. The van der Waals surface area contributed by atoms with E-state index in [2.05, 4.69) is 47.9 Å². The molecule has 0 amide bonds. The van der Waals surface area contributed by atoms with Crippen molar-refractivity contribution in [3.8, 4) is 0 Å². The number of rotatable bonds is 3. The maximum atomic E-state index is 4.00. The highest BCUT2D eigenvalue weighted by molar-refractivity contribution is 5.22. The van der Waals surface area contributed by atoms with Gasteiger partial charge in [-0.05, 0) is 31.5 Å². The summed E-state index contributed by atoms with van der Waals surface area (Å²) in [6.45, 7) is 6.43. The number of likely N-dealkylation sites (tertiary alicyclic amines) is 1. The molecule has 86 valence electrons. The minimum Gasteiger partial charge on any atom is -0.293 e.